The molecule has 0 spiro atoms. The molecule has 1 aromatic carbocycles. The standard InChI is InChI=1S/C20H28N2O5/c1-13-9-14(10-18(23)27-20(2,3)4)12-21(11-13)19-15-7-8-26-17(15)6-5-16(19)22(24)25/h5-6,13-14H,7-12H2,1-4H3/t13-,14-/m1/s1. The lowest BCUT2D eigenvalue weighted by Gasteiger charge is -2.38. The predicted octanol–water partition coefficient (Wildman–Crippen LogP) is 3.72. The Bertz CT molecular complexity index is 741. The van der Waals surface area contributed by atoms with Crippen molar-refractivity contribution in [2.75, 3.05) is 24.6 Å². The van der Waals surface area contributed by atoms with Crippen LogP contribution in [0.15, 0.2) is 12.1 Å². The van der Waals surface area contributed by atoms with Crippen LogP contribution < -0.4 is 9.64 Å². The van der Waals surface area contributed by atoms with Gasteiger partial charge in [-0.05, 0) is 45.1 Å². The average molecular weight is 376 g/mol. The van der Waals surface area contributed by atoms with Crippen molar-refractivity contribution in [1.82, 2.24) is 0 Å². The van der Waals surface area contributed by atoms with Crippen molar-refractivity contribution in [3.8, 4) is 5.75 Å². The van der Waals surface area contributed by atoms with Gasteiger partial charge in [-0.3, -0.25) is 14.9 Å². The molecular formula is C20H28N2O5. The van der Waals surface area contributed by atoms with Gasteiger partial charge < -0.3 is 14.4 Å². The van der Waals surface area contributed by atoms with Gasteiger partial charge in [0, 0.05) is 31.1 Å². The third-order valence-corrected chi connectivity index (χ3v) is 4.96. The van der Waals surface area contributed by atoms with Crippen LogP contribution in [0, 0.1) is 22.0 Å². The molecule has 3 rings (SSSR count). The minimum absolute atomic E-state index is 0.112. The molecule has 2 aliphatic heterocycles. The smallest absolute Gasteiger partial charge is 0.306 e. The molecule has 0 saturated carbocycles. The first-order valence-corrected chi connectivity index (χ1v) is 9.54. The number of hydrogen-bond acceptors (Lipinski definition) is 6. The van der Waals surface area contributed by atoms with E-state index in [1.54, 1.807) is 6.07 Å². The van der Waals surface area contributed by atoms with Gasteiger partial charge in [-0.25, -0.2) is 0 Å². The maximum Gasteiger partial charge on any atom is 0.306 e. The zero-order valence-electron chi connectivity index (χ0n) is 16.5. The van der Waals surface area contributed by atoms with Crippen LogP contribution in [-0.2, 0) is 16.0 Å². The third-order valence-electron chi connectivity index (χ3n) is 4.96. The van der Waals surface area contributed by atoms with Crippen LogP contribution in [0.3, 0.4) is 0 Å². The first kappa shape index (κ1) is 19.5. The Kier molecular flexibility index (Phi) is 5.31. The van der Waals surface area contributed by atoms with Gasteiger partial charge in [0.25, 0.3) is 5.69 Å². The molecule has 0 bridgehead atoms. The average Bonchev–Trinajstić information content (AvgIpc) is 2.99. The van der Waals surface area contributed by atoms with Crippen LogP contribution in [0.4, 0.5) is 11.4 Å². The van der Waals surface area contributed by atoms with E-state index in [0.29, 0.717) is 37.6 Å². The second-order valence-corrected chi connectivity index (χ2v) is 8.67. The summed E-state index contributed by atoms with van der Waals surface area (Å²) in [7, 11) is 0. The molecule has 2 heterocycles. The number of nitro benzene ring substituents is 1. The number of carbonyl (C=O) groups is 1. The van der Waals surface area contributed by atoms with Crippen LogP contribution in [-0.4, -0.2) is 36.2 Å². The number of benzene rings is 1. The number of rotatable bonds is 4. The zero-order valence-corrected chi connectivity index (χ0v) is 16.5. The molecule has 0 N–H and O–H groups in total. The number of carbonyl (C=O) groups excluding carboxylic acids is 1. The molecule has 7 heteroatoms. The van der Waals surface area contributed by atoms with Crippen LogP contribution in [0.5, 0.6) is 5.75 Å². The van der Waals surface area contributed by atoms with Gasteiger partial charge in [-0.2, -0.15) is 0 Å². The van der Waals surface area contributed by atoms with E-state index in [0.717, 1.165) is 24.3 Å². The highest BCUT2D eigenvalue weighted by Gasteiger charge is 2.34. The van der Waals surface area contributed by atoms with Crippen molar-refractivity contribution < 1.29 is 19.2 Å². The summed E-state index contributed by atoms with van der Waals surface area (Å²) in [4.78, 5) is 25.7. The lowest BCUT2D eigenvalue weighted by atomic mass is 9.87. The van der Waals surface area contributed by atoms with Crippen molar-refractivity contribution in [3.05, 3.63) is 27.8 Å². The van der Waals surface area contributed by atoms with Crippen molar-refractivity contribution in [2.24, 2.45) is 11.8 Å². The number of nitrogens with zero attached hydrogens (tertiary/aromatic N) is 2. The molecule has 2 aliphatic rings. The second kappa shape index (κ2) is 7.37. The summed E-state index contributed by atoms with van der Waals surface area (Å²) in [5.41, 5.74) is 1.18. The monoisotopic (exact) mass is 376 g/mol. The molecule has 148 valence electrons. The van der Waals surface area contributed by atoms with Gasteiger partial charge in [-0.1, -0.05) is 6.92 Å². The van der Waals surface area contributed by atoms with Crippen LogP contribution in [0.1, 0.15) is 46.1 Å². The quantitative estimate of drug-likeness (QED) is 0.452. The number of hydrogen-bond donors (Lipinski definition) is 0. The van der Waals surface area contributed by atoms with Gasteiger partial charge >= 0.3 is 5.97 Å². The Morgan fingerprint density at radius 2 is 2.11 bits per heavy atom. The molecule has 1 fully saturated rings. The summed E-state index contributed by atoms with van der Waals surface area (Å²) in [5, 5.41) is 11.6. The van der Waals surface area contributed by atoms with Gasteiger partial charge in [0.05, 0.1) is 18.0 Å². The molecule has 27 heavy (non-hydrogen) atoms. The van der Waals surface area contributed by atoms with Gasteiger partial charge in [0.1, 0.15) is 17.0 Å². The fourth-order valence-corrected chi connectivity index (χ4v) is 4.18. The molecule has 0 aromatic heterocycles. The fourth-order valence-electron chi connectivity index (χ4n) is 4.18. The van der Waals surface area contributed by atoms with Crippen molar-refractivity contribution in [3.63, 3.8) is 0 Å². The van der Waals surface area contributed by atoms with Gasteiger partial charge in [0.2, 0.25) is 0 Å². The number of ether oxygens (including phenoxy) is 2. The number of fused-ring (bicyclic) bond motifs is 1. The first-order valence-electron chi connectivity index (χ1n) is 9.54. The molecule has 7 nitrogen and oxygen atoms in total. The maximum absolute atomic E-state index is 12.3. The fraction of sp³-hybridized carbons (Fsp3) is 0.650. The molecule has 2 atom stereocenters. The summed E-state index contributed by atoms with van der Waals surface area (Å²) in [6.07, 6.45) is 1.92. The lowest BCUT2D eigenvalue weighted by Crippen LogP contribution is -2.41. The van der Waals surface area contributed by atoms with Crippen molar-refractivity contribution in [1.29, 1.82) is 0 Å². The van der Waals surface area contributed by atoms with Crippen molar-refractivity contribution >= 4 is 17.3 Å². The molecular weight excluding hydrogens is 348 g/mol. The van der Waals surface area contributed by atoms with Crippen LogP contribution >= 0.6 is 0 Å². The SMILES string of the molecule is C[C@@H]1C[C@H](CC(=O)OC(C)(C)C)CN(c2c([N+](=O)[O-])ccc3c2CCO3)C1. The van der Waals surface area contributed by atoms with Crippen molar-refractivity contribution in [2.45, 2.75) is 52.6 Å². The third kappa shape index (κ3) is 4.51. The molecule has 0 unspecified atom stereocenters. The number of piperidine rings is 1. The van der Waals surface area contributed by atoms with Crippen LogP contribution in [0.25, 0.3) is 0 Å². The topological polar surface area (TPSA) is 81.9 Å². The van der Waals surface area contributed by atoms with E-state index >= 15 is 0 Å². The van der Waals surface area contributed by atoms with E-state index in [1.807, 2.05) is 20.8 Å². The highest BCUT2D eigenvalue weighted by atomic mass is 16.6. The molecule has 0 aliphatic carbocycles. The van der Waals surface area contributed by atoms with E-state index in [-0.39, 0.29) is 22.5 Å². The van der Waals surface area contributed by atoms with E-state index < -0.39 is 5.60 Å². The van der Waals surface area contributed by atoms with E-state index in [4.69, 9.17) is 9.47 Å². The van der Waals surface area contributed by atoms with E-state index in [9.17, 15) is 14.9 Å². The zero-order chi connectivity index (χ0) is 19.8. The van der Waals surface area contributed by atoms with Crippen LogP contribution in [0.2, 0.25) is 0 Å². The summed E-state index contributed by atoms with van der Waals surface area (Å²) in [5.74, 6) is 0.973. The molecule has 0 amide bonds. The molecule has 0 radical (unpaired) electrons. The predicted molar refractivity (Wildman–Crippen MR) is 102 cm³/mol. The highest BCUT2D eigenvalue weighted by molar-refractivity contribution is 5.73. The molecule has 1 aromatic rings. The first-order chi connectivity index (χ1) is 12.6. The minimum atomic E-state index is -0.507. The minimum Gasteiger partial charge on any atom is -0.493 e. The maximum atomic E-state index is 12.3. The largest absolute Gasteiger partial charge is 0.493 e. The Balaban J connectivity index is 1.84. The number of esters is 1. The molecule has 1 saturated heterocycles. The summed E-state index contributed by atoms with van der Waals surface area (Å²) >= 11 is 0. The Labute approximate surface area is 159 Å². The lowest BCUT2D eigenvalue weighted by molar-refractivity contribution is -0.384. The Morgan fingerprint density at radius 1 is 1.37 bits per heavy atom. The van der Waals surface area contributed by atoms with E-state index in [1.165, 1.54) is 6.07 Å². The van der Waals surface area contributed by atoms with Gasteiger partial charge in [-0.15, -0.1) is 0 Å². The summed E-state index contributed by atoms with van der Waals surface area (Å²) in [6.45, 7) is 9.60. The Hall–Kier alpha value is -2.31. The normalized spacial score (nSPS) is 22.1. The second-order valence-electron chi connectivity index (χ2n) is 8.67. The Morgan fingerprint density at radius 3 is 2.78 bits per heavy atom. The van der Waals surface area contributed by atoms with E-state index in [2.05, 4.69) is 11.8 Å². The number of anilines is 1. The summed E-state index contributed by atoms with van der Waals surface area (Å²) < 4.78 is 11.1. The highest BCUT2D eigenvalue weighted by Crippen LogP contribution is 2.43. The summed E-state index contributed by atoms with van der Waals surface area (Å²) in [6, 6.07) is 3.22. The number of nitro groups is 1. The van der Waals surface area contributed by atoms with Gasteiger partial charge in [0.15, 0.2) is 0 Å².